The van der Waals surface area contributed by atoms with Gasteiger partial charge in [-0.1, -0.05) is 0 Å². The molecule has 66 valence electrons. The molecule has 0 saturated heterocycles. The van der Waals surface area contributed by atoms with Crippen LogP contribution in [0.15, 0.2) is 6.20 Å². The molecule has 1 aliphatic carbocycles. The lowest BCUT2D eigenvalue weighted by atomic mass is 10.2. The minimum atomic E-state index is 0.405. The van der Waals surface area contributed by atoms with Crippen molar-refractivity contribution in [3.05, 3.63) is 6.20 Å². The number of aromatic nitrogens is 2. The summed E-state index contributed by atoms with van der Waals surface area (Å²) in [6.07, 6.45) is 4.20. The van der Waals surface area contributed by atoms with Gasteiger partial charge in [0, 0.05) is 0 Å². The summed E-state index contributed by atoms with van der Waals surface area (Å²) in [6, 6.07) is 0.405. The molecule has 4 nitrogen and oxygen atoms in total. The van der Waals surface area contributed by atoms with Gasteiger partial charge in [-0.25, -0.2) is 4.68 Å². The molecule has 0 aliphatic heterocycles. The molecular weight excluding hydrogens is 152 g/mol. The van der Waals surface area contributed by atoms with E-state index in [1.54, 1.807) is 6.20 Å². The number of hydrogen-bond donors (Lipinski definition) is 2. The van der Waals surface area contributed by atoms with E-state index in [0.29, 0.717) is 17.5 Å². The summed E-state index contributed by atoms with van der Waals surface area (Å²) in [7, 11) is 0. The molecule has 0 spiro atoms. The normalized spacial score (nSPS) is 19.4. The van der Waals surface area contributed by atoms with Crippen LogP contribution >= 0.6 is 0 Å². The van der Waals surface area contributed by atoms with Gasteiger partial charge < -0.3 is 11.5 Å². The Balaban J connectivity index is 2.25. The van der Waals surface area contributed by atoms with Gasteiger partial charge in [0.15, 0.2) is 0 Å². The molecule has 0 bridgehead atoms. The molecule has 4 heteroatoms. The molecule has 12 heavy (non-hydrogen) atoms. The Morgan fingerprint density at radius 1 is 1.58 bits per heavy atom. The monoisotopic (exact) mass is 166 g/mol. The van der Waals surface area contributed by atoms with E-state index in [1.807, 2.05) is 4.68 Å². The molecule has 1 saturated carbocycles. The minimum absolute atomic E-state index is 0.405. The summed E-state index contributed by atoms with van der Waals surface area (Å²) in [5.74, 6) is 1.36. The Labute approximate surface area is 71.5 Å². The first-order valence-electron chi connectivity index (χ1n) is 4.28. The van der Waals surface area contributed by atoms with Crippen molar-refractivity contribution < 1.29 is 0 Å². The number of nitrogen functional groups attached to an aromatic ring is 2. The Bertz CT molecular complexity index is 287. The SMILES string of the molecule is CC(C1CC1)n1ncc(N)c1N. The van der Waals surface area contributed by atoms with Crippen LogP contribution in [0.5, 0.6) is 0 Å². The van der Waals surface area contributed by atoms with Crippen LogP contribution in [0.1, 0.15) is 25.8 Å². The Morgan fingerprint density at radius 3 is 2.67 bits per heavy atom. The molecule has 1 atom stereocenters. The van der Waals surface area contributed by atoms with Crippen molar-refractivity contribution >= 4 is 11.5 Å². The highest BCUT2D eigenvalue weighted by atomic mass is 15.3. The van der Waals surface area contributed by atoms with Crippen LogP contribution < -0.4 is 11.5 Å². The van der Waals surface area contributed by atoms with E-state index in [0.717, 1.165) is 5.92 Å². The van der Waals surface area contributed by atoms with Gasteiger partial charge in [0.25, 0.3) is 0 Å². The highest BCUT2D eigenvalue weighted by molar-refractivity contribution is 5.57. The molecule has 1 aromatic rings. The fourth-order valence-corrected chi connectivity index (χ4v) is 1.49. The Kier molecular flexibility index (Phi) is 1.49. The van der Waals surface area contributed by atoms with Crippen molar-refractivity contribution in [3.8, 4) is 0 Å². The van der Waals surface area contributed by atoms with E-state index < -0.39 is 0 Å². The molecule has 2 rings (SSSR count). The maximum atomic E-state index is 5.74. The fourth-order valence-electron chi connectivity index (χ4n) is 1.49. The lowest BCUT2D eigenvalue weighted by Gasteiger charge is -2.12. The number of nitrogens with zero attached hydrogens (tertiary/aromatic N) is 2. The second kappa shape index (κ2) is 2.40. The van der Waals surface area contributed by atoms with Gasteiger partial charge >= 0.3 is 0 Å². The summed E-state index contributed by atoms with van der Waals surface area (Å²) in [6.45, 7) is 2.14. The lowest BCUT2D eigenvalue weighted by molar-refractivity contribution is 0.446. The lowest BCUT2D eigenvalue weighted by Crippen LogP contribution is -2.12. The summed E-state index contributed by atoms with van der Waals surface area (Å²) < 4.78 is 1.83. The number of hydrogen-bond acceptors (Lipinski definition) is 3. The second-order valence-corrected chi connectivity index (χ2v) is 3.51. The predicted molar refractivity (Wildman–Crippen MR) is 48.5 cm³/mol. The van der Waals surface area contributed by atoms with Crippen LogP contribution in [0.3, 0.4) is 0 Å². The summed E-state index contributed by atoms with van der Waals surface area (Å²) >= 11 is 0. The Hall–Kier alpha value is -1.19. The van der Waals surface area contributed by atoms with Gasteiger partial charge in [0.2, 0.25) is 0 Å². The van der Waals surface area contributed by atoms with Crippen LogP contribution in [0.25, 0.3) is 0 Å². The van der Waals surface area contributed by atoms with Gasteiger partial charge in [-0.15, -0.1) is 0 Å². The maximum absolute atomic E-state index is 5.74. The zero-order chi connectivity index (χ0) is 8.72. The molecule has 1 unspecified atom stereocenters. The molecule has 1 aromatic heterocycles. The van der Waals surface area contributed by atoms with Gasteiger partial charge in [-0.05, 0) is 25.7 Å². The third kappa shape index (κ3) is 1.03. The second-order valence-electron chi connectivity index (χ2n) is 3.51. The summed E-state index contributed by atoms with van der Waals surface area (Å²) in [5, 5.41) is 4.14. The van der Waals surface area contributed by atoms with Crippen molar-refractivity contribution in [2.45, 2.75) is 25.8 Å². The van der Waals surface area contributed by atoms with Crippen LogP contribution in [-0.4, -0.2) is 9.78 Å². The maximum Gasteiger partial charge on any atom is 0.145 e. The van der Waals surface area contributed by atoms with E-state index in [4.69, 9.17) is 11.5 Å². The molecule has 1 heterocycles. The van der Waals surface area contributed by atoms with Crippen molar-refractivity contribution in [3.63, 3.8) is 0 Å². The zero-order valence-electron chi connectivity index (χ0n) is 7.20. The predicted octanol–water partition coefficient (Wildman–Crippen LogP) is 1.02. The number of nitrogens with two attached hydrogens (primary N) is 2. The van der Waals surface area contributed by atoms with E-state index in [-0.39, 0.29) is 0 Å². The summed E-state index contributed by atoms with van der Waals surface area (Å²) in [4.78, 5) is 0. The molecule has 1 aliphatic rings. The molecule has 1 fully saturated rings. The highest BCUT2D eigenvalue weighted by Gasteiger charge is 2.30. The van der Waals surface area contributed by atoms with Gasteiger partial charge in [-0.2, -0.15) is 5.10 Å². The van der Waals surface area contributed by atoms with Crippen molar-refractivity contribution in [1.29, 1.82) is 0 Å². The number of rotatable bonds is 2. The highest BCUT2D eigenvalue weighted by Crippen LogP contribution is 2.40. The topological polar surface area (TPSA) is 69.9 Å². The van der Waals surface area contributed by atoms with Crippen molar-refractivity contribution in [1.82, 2.24) is 9.78 Å². The first-order chi connectivity index (χ1) is 5.70. The first-order valence-corrected chi connectivity index (χ1v) is 4.28. The first kappa shape index (κ1) is 7.46. The molecule has 4 N–H and O–H groups in total. The van der Waals surface area contributed by atoms with E-state index >= 15 is 0 Å². The van der Waals surface area contributed by atoms with Crippen molar-refractivity contribution in [2.75, 3.05) is 11.5 Å². The smallest absolute Gasteiger partial charge is 0.145 e. The number of anilines is 2. The van der Waals surface area contributed by atoms with Gasteiger partial charge in [-0.3, -0.25) is 0 Å². The van der Waals surface area contributed by atoms with Crippen LogP contribution in [0.4, 0.5) is 11.5 Å². The van der Waals surface area contributed by atoms with E-state index in [1.165, 1.54) is 12.8 Å². The Morgan fingerprint density at radius 2 is 2.25 bits per heavy atom. The average molecular weight is 166 g/mol. The van der Waals surface area contributed by atoms with Crippen molar-refractivity contribution in [2.24, 2.45) is 5.92 Å². The van der Waals surface area contributed by atoms with Crippen LogP contribution in [0, 0.1) is 5.92 Å². The molecular formula is C8H14N4. The molecule has 0 radical (unpaired) electrons. The standard InChI is InChI=1S/C8H14N4/c1-5(6-2-3-6)12-8(10)7(9)4-11-12/h4-6H,2-3,9-10H2,1H3. The van der Waals surface area contributed by atoms with Gasteiger partial charge in [0.1, 0.15) is 5.82 Å². The van der Waals surface area contributed by atoms with Crippen LogP contribution in [0.2, 0.25) is 0 Å². The fraction of sp³-hybridized carbons (Fsp3) is 0.625. The van der Waals surface area contributed by atoms with Gasteiger partial charge in [0.05, 0.1) is 17.9 Å². The minimum Gasteiger partial charge on any atom is -0.394 e. The van der Waals surface area contributed by atoms with E-state index in [2.05, 4.69) is 12.0 Å². The summed E-state index contributed by atoms with van der Waals surface area (Å²) in [5.41, 5.74) is 11.9. The zero-order valence-corrected chi connectivity index (χ0v) is 7.20. The molecule has 0 amide bonds. The quantitative estimate of drug-likeness (QED) is 0.689. The third-order valence-corrected chi connectivity index (χ3v) is 2.55. The third-order valence-electron chi connectivity index (χ3n) is 2.55. The van der Waals surface area contributed by atoms with E-state index in [9.17, 15) is 0 Å². The molecule has 0 aromatic carbocycles. The average Bonchev–Trinajstić information content (AvgIpc) is 2.82. The van der Waals surface area contributed by atoms with Crippen LogP contribution in [-0.2, 0) is 0 Å². The largest absolute Gasteiger partial charge is 0.394 e.